The highest BCUT2D eigenvalue weighted by atomic mass is 16.5. The number of fused-ring (bicyclic) bond motifs is 6. The van der Waals surface area contributed by atoms with Crippen molar-refractivity contribution < 1.29 is 19.7 Å². The molecule has 1 saturated carbocycles. The predicted molar refractivity (Wildman–Crippen MR) is 106 cm³/mol. The Labute approximate surface area is 165 Å². The van der Waals surface area contributed by atoms with Gasteiger partial charge in [0.1, 0.15) is 5.75 Å². The molecule has 0 spiro atoms. The number of methoxy groups -OCH3 is 2. The quantitative estimate of drug-likeness (QED) is 0.753. The van der Waals surface area contributed by atoms with Gasteiger partial charge in [0.2, 0.25) is 0 Å². The highest BCUT2D eigenvalue weighted by Gasteiger charge is 2.49. The Balaban J connectivity index is 1.50. The summed E-state index contributed by atoms with van der Waals surface area (Å²) in [5.74, 6) is 1.65. The Morgan fingerprint density at radius 2 is 2.11 bits per heavy atom. The van der Waals surface area contributed by atoms with Gasteiger partial charge in [0.25, 0.3) is 0 Å². The second kappa shape index (κ2) is 7.02. The molecular weight excluding hydrogens is 356 g/mol. The molecule has 1 aromatic heterocycles. The lowest BCUT2D eigenvalue weighted by atomic mass is 9.64. The van der Waals surface area contributed by atoms with E-state index in [1.807, 2.05) is 6.07 Å². The summed E-state index contributed by atoms with van der Waals surface area (Å²) in [4.78, 5) is 6.26. The lowest BCUT2D eigenvalue weighted by Gasteiger charge is -2.53. The van der Waals surface area contributed by atoms with Gasteiger partial charge in [-0.3, -0.25) is 4.90 Å². The van der Waals surface area contributed by atoms with Gasteiger partial charge in [0.05, 0.1) is 25.4 Å². The molecule has 1 aliphatic carbocycles. The van der Waals surface area contributed by atoms with Gasteiger partial charge in [-0.05, 0) is 48.8 Å². The van der Waals surface area contributed by atoms with Crippen molar-refractivity contribution in [3.05, 3.63) is 29.5 Å². The van der Waals surface area contributed by atoms with Gasteiger partial charge in [-0.15, -0.1) is 0 Å². The largest absolute Gasteiger partial charge is 0.497 e. The zero-order valence-corrected chi connectivity index (χ0v) is 16.6. The van der Waals surface area contributed by atoms with Gasteiger partial charge in [0, 0.05) is 55.4 Å². The summed E-state index contributed by atoms with van der Waals surface area (Å²) in [6.07, 6.45) is 2.05. The van der Waals surface area contributed by atoms with Crippen molar-refractivity contribution in [1.29, 1.82) is 0 Å². The van der Waals surface area contributed by atoms with Gasteiger partial charge in [-0.25, -0.2) is 0 Å². The van der Waals surface area contributed by atoms with Crippen LogP contribution in [0, 0.1) is 17.8 Å². The third-order valence-corrected chi connectivity index (χ3v) is 7.52. The van der Waals surface area contributed by atoms with Gasteiger partial charge in [0.15, 0.2) is 0 Å². The Bertz CT molecular complexity index is 866. The number of piperidine rings is 1. The fourth-order valence-electron chi connectivity index (χ4n) is 6.22. The molecule has 1 aromatic carbocycles. The third-order valence-electron chi connectivity index (χ3n) is 7.52. The van der Waals surface area contributed by atoms with Crippen LogP contribution in [-0.4, -0.2) is 66.2 Å². The second-order valence-electron chi connectivity index (χ2n) is 8.70. The van der Waals surface area contributed by atoms with Crippen LogP contribution in [0.2, 0.25) is 0 Å². The van der Waals surface area contributed by atoms with Crippen LogP contribution in [0.5, 0.6) is 5.75 Å². The molecule has 2 aromatic rings. The molecule has 152 valence electrons. The molecule has 0 bridgehead atoms. The lowest BCUT2D eigenvalue weighted by molar-refractivity contribution is -0.142. The Hall–Kier alpha value is -1.60. The van der Waals surface area contributed by atoms with E-state index >= 15 is 0 Å². The zero-order valence-electron chi connectivity index (χ0n) is 16.6. The van der Waals surface area contributed by atoms with E-state index in [-0.39, 0.29) is 18.6 Å². The lowest BCUT2D eigenvalue weighted by Crippen LogP contribution is -2.56. The van der Waals surface area contributed by atoms with Crippen molar-refractivity contribution in [2.24, 2.45) is 17.8 Å². The fraction of sp³-hybridized carbons (Fsp3) is 0.636. The van der Waals surface area contributed by atoms with Crippen LogP contribution in [0.3, 0.4) is 0 Å². The number of ether oxygens (including phenoxy) is 2. The van der Waals surface area contributed by atoms with Gasteiger partial charge >= 0.3 is 0 Å². The normalized spacial score (nSPS) is 35.3. The SMILES string of the molecule is COc1ccc2c3c([nH]c2c1)[C@@H]1C[C@@H]2[C@H](C[C@H](O)[C@H](OC)[C@@H]2CO)CN1CC3. The van der Waals surface area contributed by atoms with E-state index in [1.165, 1.54) is 16.6 Å². The fourth-order valence-corrected chi connectivity index (χ4v) is 6.22. The molecule has 0 radical (unpaired) electrons. The van der Waals surface area contributed by atoms with Crippen LogP contribution in [0.1, 0.15) is 30.1 Å². The maximum atomic E-state index is 10.5. The maximum Gasteiger partial charge on any atom is 0.120 e. The van der Waals surface area contributed by atoms with Crippen molar-refractivity contribution in [3.63, 3.8) is 0 Å². The first-order chi connectivity index (χ1) is 13.6. The van der Waals surface area contributed by atoms with Crippen LogP contribution >= 0.6 is 0 Å². The molecule has 28 heavy (non-hydrogen) atoms. The highest BCUT2D eigenvalue weighted by molar-refractivity contribution is 5.86. The van der Waals surface area contributed by atoms with Crippen LogP contribution in [0.15, 0.2) is 18.2 Å². The van der Waals surface area contributed by atoms with Crippen molar-refractivity contribution >= 4 is 10.9 Å². The number of aromatic amines is 1. The molecule has 5 rings (SSSR count). The summed E-state index contributed by atoms with van der Waals surface area (Å²) in [5.41, 5.74) is 3.89. The molecule has 0 unspecified atom stereocenters. The first kappa shape index (κ1) is 18.4. The number of aliphatic hydroxyl groups is 2. The summed E-state index contributed by atoms with van der Waals surface area (Å²) < 4.78 is 11.0. The average Bonchev–Trinajstić information content (AvgIpc) is 3.09. The molecule has 1 saturated heterocycles. The van der Waals surface area contributed by atoms with E-state index in [4.69, 9.17) is 9.47 Å². The summed E-state index contributed by atoms with van der Waals surface area (Å²) in [5, 5.41) is 21.9. The smallest absolute Gasteiger partial charge is 0.120 e. The van der Waals surface area contributed by atoms with Crippen molar-refractivity contribution in [2.45, 2.75) is 37.5 Å². The zero-order chi connectivity index (χ0) is 19.4. The molecule has 0 amide bonds. The number of hydrogen-bond acceptors (Lipinski definition) is 5. The number of rotatable bonds is 3. The number of hydrogen-bond donors (Lipinski definition) is 3. The standard InChI is InChI=1S/C22H30N2O4/c1-27-13-3-4-14-15-5-6-24-10-12-7-20(26)22(28-2)17(11-25)16(12)9-19(24)21(15)23-18(14)8-13/h3-4,8,12,16-17,19-20,22-23,25-26H,5-7,9-11H2,1-2H3/t12-,16-,17-,19+,20+,22-/m1/s1. The molecule has 2 aliphatic heterocycles. The van der Waals surface area contributed by atoms with Crippen LogP contribution in [0.25, 0.3) is 10.9 Å². The average molecular weight is 386 g/mol. The first-order valence-corrected chi connectivity index (χ1v) is 10.4. The number of aromatic nitrogens is 1. The number of H-pyrrole nitrogens is 1. The van der Waals surface area contributed by atoms with Crippen LogP contribution in [0.4, 0.5) is 0 Å². The van der Waals surface area contributed by atoms with E-state index in [9.17, 15) is 10.2 Å². The molecule has 3 N–H and O–H groups in total. The predicted octanol–water partition coefficient (Wildman–Crippen LogP) is 2.10. The number of benzene rings is 1. The molecule has 6 nitrogen and oxygen atoms in total. The summed E-state index contributed by atoms with van der Waals surface area (Å²) in [6.45, 7) is 2.10. The number of nitrogens with zero attached hydrogens (tertiary/aromatic N) is 1. The topological polar surface area (TPSA) is 78.0 Å². The van der Waals surface area contributed by atoms with E-state index < -0.39 is 6.10 Å². The maximum absolute atomic E-state index is 10.5. The minimum Gasteiger partial charge on any atom is -0.497 e. The van der Waals surface area contributed by atoms with Gasteiger partial charge in [-0.1, -0.05) is 0 Å². The number of nitrogens with one attached hydrogen (secondary N) is 1. The molecule has 6 heteroatoms. The molecule has 3 aliphatic rings. The van der Waals surface area contributed by atoms with E-state index in [0.717, 1.165) is 43.6 Å². The number of aliphatic hydroxyl groups excluding tert-OH is 2. The first-order valence-electron chi connectivity index (χ1n) is 10.4. The Morgan fingerprint density at radius 3 is 2.86 bits per heavy atom. The molecule has 3 heterocycles. The second-order valence-corrected chi connectivity index (χ2v) is 8.70. The summed E-state index contributed by atoms with van der Waals surface area (Å²) in [6, 6.07) is 6.62. The molecule has 6 atom stereocenters. The minimum absolute atomic E-state index is 0.00394. The van der Waals surface area contributed by atoms with E-state index in [2.05, 4.69) is 22.0 Å². The van der Waals surface area contributed by atoms with E-state index in [0.29, 0.717) is 17.9 Å². The highest BCUT2D eigenvalue weighted by Crippen LogP contribution is 2.49. The Kier molecular flexibility index (Phi) is 4.62. The molecular formula is C22H30N2O4. The minimum atomic E-state index is -0.485. The van der Waals surface area contributed by atoms with Gasteiger partial charge < -0.3 is 24.7 Å². The summed E-state index contributed by atoms with van der Waals surface area (Å²) in [7, 11) is 3.35. The van der Waals surface area contributed by atoms with Crippen molar-refractivity contribution in [3.8, 4) is 5.75 Å². The van der Waals surface area contributed by atoms with Gasteiger partial charge in [-0.2, -0.15) is 0 Å². The molecule has 2 fully saturated rings. The Morgan fingerprint density at radius 1 is 1.25 bits per heavy atom. The van der Waals surface area contributed by atoms with Crippen LogP contribution in [-0.2, 0) is 11.2 Å². The monoisotopic (exact) mass is 386 g/mol. The summed E-state index contributed by atoms with van der Waals surface area (Å²) >= 11 is 0. The van der Waals surface area contributed by atoms with Crippen molar-refractivity contribution in [1.82, 2.24) is 9.88 Å². The van der Waals surface area contributed by atoms with Crippen molar-refractivity contribution in [2.75, 3.05) is 33.9 Å². The van der Waals surface area contributed by atoms with Crippen LogP contribution < -0.4 is 4.74 Å². The third kappa shape index (κ3) is 2.70. The van der Waals surface area contributed by atoms with E-state index in [1.54, 1.807) is 14.2 Å².